The highest BCUT2D eigenvalue weighted by molar-refractivity contribution is 5.80. The Bertz CT molecular complexity index is 675. The largest absolute Gasteiger partial charge is 0.358 e. The fraction of sp³-hybridized carbons (Fsp3) is 0.357. The van der Waals surface area contributed by atoms with Crippen LogP contribution in [0.1, 0.15) is 12.1 Å². The summed E-state index contributed by atoms with van der Waals surface area (Å²) in [5.41, 5.74) is 0.771. The molecule has 1 amide bonds. The van der Waals surface area contributed by atoms with Gasteiger partial charge in [-0.2, -0.15) is 10.2 Å². The first-order valence-electron chi connectivity index (χ1n) is 6.80. The standard InChI is InChI=1S/C14H17N7O/c1-11-8-12(19-14(18-11)21-7-5-17-10-21)20(6-3-4-15)9-13(22)16-2/h5,7-8,10H,3,6,9H2,1-2H3,(H,16,22). The van der Waals surface area contributed by atoms with Crippen LogP contribution in [0.2, 0.25) is 0 Å². The predicted octanol–water partition coefficient (Wildman–Crippen LogP) is 0.437. The third kappa shape index (κ3) is 3.79. The van der Waals surface area contributed by atoms with Crippen LogP contribution in [0.25, 0.3) is 5.95 Å². The zero-order valence-electron chi connectivity index (χ0n) is 12.5. The molecule has 114 valence electrons. The lowest BCUT2D eigenvalue weighted by Crippen LogP contribution is -2.37. The molecule has 2 aromatic rings. The van der Waals surface area contributed by atoms with Crippen molar-refractivity contribution < 1.29 is 4.79 Å². The Morgan fingerprint density at radius 1 is 1.50 bits per heavy atom. The van der Waals surface area contributed by atoms with E-state index in [2.05, 4.69) is 26.3 Å². The topological polar surface area (TPSA) is 99.7 Å². The van der Waals surface area contributed by atoms with Gasteiger partial charge in [0.25, 0.3) is 0 Å². The smallest absolute Gasteiger partial charge is 0.239 e. The lowest BCUT2D eigenvalue weighted by molar-refractivity contribution is -0.119. The van der Waals surface area contributed by atoms with E-state index in [9.17, 15) is 4.79 Å². The summed E-state index contributed by atoms with van der Waals surface area (Å²) in [5, 5.41) is 11.4. The fourth-order valence-corrected chi connectivity index (χ4v) is 1.90. The van der Waals surface area contributed by atoms with Crippen LogP contribution in [0, 0.1) is 18.3 Å². The van der Waals surface area contributed by atoms with E-state index in [1.807, 2.05) is 6.92 Å². The van der Waals surface area contributed by atoms with Crippen molar-refractivity contribution in [3.63, 3.8) is 0 Å². The van der Waals surface area contributed by atoms with E-state index in [1.165, 1.54) is 0 Å². The molecule has 2 heterocycles. The summed E-state index contributed by atoms with van der Waals surface area (Å²) in [5.74, 6) is 0.944. The number of nitrogens with zero attached hydrogens (tertiary/aromatic N) is 6. The molecule has 0 aliphatic carbocycles. The molecular formula is C14H17N7O. The summed E-state index contributed by atoms with van der Waals surface area (Å²) in [4.78, 5) is 26.2. The number of nitriles is 1. The van der Waals surface area contributed by atoms with Gasteiger partial charge >= 0.3 is 0 Å². The van der Waals surface area contributed by atoms with Gasteiger partial charge in [-0.15, -0.1) is 0 Å². The molecule has 0 bridgehead atoms. The van der Waals surface area contributed by atoms with E-state index in [4.69, 9.17) is 5.26 Å². The van der Waals surface area contributed by atoms with E-state index in [-0.39, 0.29) is 12.5 Å². The van der Waals surface area contributed by atoms with Crippen molar-refractivity contribution in [1.29, 1.82) is 5.26 Å². The second kappa shape index (κ2) is 7.17. The van der Waals surface area contributed by atoms with Crippen LogP contribution in [0.4, 0.5) is 5.82 Å². The van der Waals surface area contributed by atoms with Crippen LogP contribution in [-0.4, -0.2) is 45.6 Å². The Hall–Kier alpha value is -2.95. The maximum absolute atomic E-state index is 11.7. The summed E-state index contributed by atoms with van der Waals surface area (Å²) >= 11 is 0. The molecule has 2 rings (SSSR count). The number of imidazole rings is 1. The van der Waals surface area contributed by atoms with Crippen molar-refractivity contribution >= 4 is 11.7 Å². The molecule has 2 aromatic heterocycles. The van der Waals surface area contributed by atoms with Gasteiger partial charge in [0.05, 0.1) is 19.0 Å². The molecular weight excluding hydrogens is 282 g/mol. The zero-order valence-corrected chi connectivity index (χ0v) is 12.5. The minimum atomic E-state index is -0.140. The second-order valence-corrected chi connectivity index (χ2v) is 4.64. The Morgan fingerprint density at radius 3 is 2.95 bits per heavy atom. The van der Waals surface area contributed by atoms with Gasteiger partial charge in [0.15, 0.2) is 0 Å². The van der Waals surface area contributed by atoms with Crippen LogP contribution >= 0.6 is 0 Å². The highest BCUT2D eigenvalue weighted by atomic mass is 16.1. The first kappa shape index (κ1) is 15.4. The van der Waals surface area contributed by atoms with Gasteiger partial charge in [0.2, 0.25) is 11.9 Å². The van der Waals surface area contributed by atoms with Gasteiger partial charge in [0, 0.05) is 37.7 Å². The molecule has 1 N–H and O–H groups in total. The number of rotatable bonds is 6. The lowest BCUT2D eigenvalue weighted by Gasteiger charge is -2.22. The first-order chi connectivity index (χ1) is 10.6. The molecule has 0 spiro atoms. The van der Waals surface area contributed by atoms with Crippen LogP contribution in [-0.2, 0) is 4.79 Å². The van der Waals surface area contributed by atoms with Crippen LogP contribution in [0.5, 0.6) is 0 Å². The lowest BCUT2D eigenvalue weighted by atomic mass is 10.3. The molecule has 0 atom stereocenters. The van der Waals surface area contributed by atoms with Crippen molar-refractivity contribution in [2.75, 3.05) is 25.0 Å². The normalized spacial score (nSPS) is 10.0. The molecule has 0 aromatic carbocycles. The molecule has 0 saturated carbocycles. The quantitative estimate of drug-likeness (QED) is 0.830. The zero-order chi connectivity index (χ0) is 15.9. The van der Waals surface area contributed by atoms with E-state index in [1.54, 1.807) is 41.3 Å². The van der Waals surface area contributed by atoms with Gasteiger partial charge in [-0.3, -0.25) is 9.36 Å². The number of aromatic nitrogens is 4. The van der Waals surface area contributed by atoms with E-state index in [0.717, 1.165) is 5.69 Å². The van der Waals surface area contributed by atoms with E-state index in [0.29, 0.717) is 24.7 Å². The molecule has 0 radical (unpaired) electrons. The van der Waals surface area contributed by atoms with E-state index >= 15 is 0 Å². The van der Waals surface area contributed by atoms with Crippen molar-refractivity contribution in [2.45, 2.75) is 13.3 Å². The highest BCUT2D eigenvalue weighted by Crippen LogP contribution is 2.15. The monoisotopic (exact) mass is 299 g/mol. The van der Waals surface area contributed by atoms with Crippen molar-refractivity contribution in [3.05, 3.63) is 30.5 Å². The Balaban J connectivity index is 2.33. The Kier molecular flexibility index (Phi) is 5.03. The molecule has 0 aliphatic heterocycles. The Morgan fingerprint density at radius 2 is 2.32 bits per heavy atom. The van der Waals surface area contributed by atoms with Gasteiger partial charge in [-0.05, 0) is 6.92 Å². The average molecular weight is 299 g/mol. The minimum Gasteiger partial charge on any atom is -0.358 e. The van der Waals surface area contributed by atoms with E-state index < -0.39 is 0 Å². The third-order valence-electron chi connectivity index (χ3n) is 3.00. The number of hydrogen-bond acceptors (Lipinski definition) is 6. The summed E-state index contributed by atoms with van der Waals surface area (Å²) in [6.07, 6.45) is 5.30. The van der Waals surface area contributed by atoms with Crippen molar-refractivity contribution in [2.24, 2.45) is 0 Å². The average Bonchev–Trinajstić information content (AvgIpc) is 3.05. The summed E-state index contributed by atoms with van der Waals surface area (Å²) in [7, 11) is 1.58. The highest BCUT2D eigenvalue weighted by Gasteiger charge is 2.14. The number of anilines is 1. The Labute approximate surface area is 128 Å². The van der Waals surface area contributed by atoms with Gasteiger partial charge in [-0.25, -0.2) is 9.97 Å². The van der Waals surface area contributed by atoms with Crippen LogP contribution < -0.4 is 10.2 Å². The number of likely N-dealkylation sites (N-methyl/N-ethyl adjacent to an activating group) is 1. The number of hydrogen-bond donors (Lipinski definition) is 1. The summed E-state index contributed by atoms with van der Waals surface area (Å²) in [6.45, 7) is 2.41. The third-order valence-corrected chi connectivity index (χ3v) is 3.00. The molecule has 8 heteroatoms. The summed E-state index contributed by atoms with van der Waals surface area (Å²) in [6, 6.07) is 3.88. The van der Waals surface area contributed by atoms with Crippen LogP contribution in [0.3, 0.4) is 0 Å². The number of carbonyl (C=O) groups is 1. The van der Waals surface area contributed by atoms with Gasteiger partial charge < -0.3 is 10.2 Å². The summed E-state index contributed by atoms with van der Waals surface area (Å²) < 4.78 is 1.69. The van der Waals surface area contributed by atoms with Crippen molar-refractivity contribution in [3.8, 4) is 12.0 Å². The van der Waals surface area contributed by atoms with Gasteiger partial charge in [-0.1, -0.05) is 0 Å². The number of nitrogens with one attached hydrogen (secondary N) is 1. The number of amides is 1. The minimum absolute atomic E-state index is 0.137. The molecule has 0 unspecified atom stereocenters. The van der Waals surface area contributed by atoms with Gasteiger partial charge in [0.1, 0.15) is 12.1 Å². The second-order valence-electron chi connectivity index (χ2n) is 4.64. The van der Waals surface area contributed by atoms with Crippen LogP contribution in [0.15, 0.2) is 24.8 Å². The molecule has 8 nitrogen and oxygen atoms in total. The molecule has 0 fully saturated rings. The molecule has 0 aliphatic rings. The number of carbonyl (C=O) groups excluding carboxylic acids is 1. The first-order valence-corrected chi connectivity index (χ1v) is 6.80. The maximum atomic E-state index is 11.7. The molecule has 0 saturated heterocycles. The van der Waals surface area contributed by atoms with Crippen molar-refractivity contribution in [1.82, 2.24) is 24.8 Å². The SMILES string of the molecule is CNC(=O)CN(CCC#N)c1cc(C)nc(-n2ccnc2)n1. The maximum Gasteiger partial charge on any atom is 0.239 e. The predicted molar refractivity (Wildman–Crippen MR) is 80.4 cm³/mol. The number of aryl methyl sites for hydroxylation is 1. The molecule has 22 heavy (non-hydrogen) atoms. The fourth-order valence-electron chi connectivity index (χ4n) is 1.90.